The Morgan fingerprint density at radius 2 is 1.77 bits per heavy atom. The van der Waals surface area contributed by atoms with Crippen LogP contribution >= 0.6 is 11.6 Å². The van der Waals surface area contributed by atoms with Gasteiger partial charge in [-0.15, -0.1) is 0 Å². The summed E-state index contributed by atoms with van der Waals surface area (Å²) < 4.78 is 0. The van der Waals surface area contributed by atoms with E-state index in [9.17, 15) is 19.7 Å². The van der Waals surface area contributed by atoms with Crippen LogP contribution in [-0.2, 0) is 4.79 Å². The lowest BCUT2D eigenvalue weighted by atomic mass is 10.0. The van der Waals surface area contributed by atoms with E-state index in [4.69, 9.17) is 11.6 Å². The zero-order chi connectivity index (χ0) is 19.3. The molecule has 0 saturated heterocycles. The smallest absolute Gasteiger partial charge is 0.271 e. The molecule has 0 heterocycles. The molecular weight excluding hydrogens is 358 g/mol. The normalized spacial score (nSPS) is 11.7. The fraction of sp³-hybridized carbons (Fsp3) is 0.222. The molecule has 26 heavy (non-hydrogen) atoms. The van der Waals surface area contributed by atoms with E-state index < -0.39 is 22.8 Å². The summed E-state index contributed by atoms with van der Waals surface area (Å²) in [6, 6.07) is 11.1. The van der Waals surface area contributed by atoms with Crippen molar-refractivity contribution in [2.75, 3.05) is 5.32 Å². The highest BCUT2D eigenvalue weighted by molar-refractivity contribution is 6.30. The first-order valence-electron chi connectivity index (χ1n) is 7.89. The number of rotatable bonds is 6. The Balaban J connectivity index is 2.12. The molecule has 2 rings (SSSR count). The van der Waals surface area contributed by atoms with Crippen molar-refractivity contribution in [1.29, 1.82) is 0 Å². The number of hydrogen-bond donors (Lipinski definition) is 2. The van der Waals surface area contributed by atoms with Crippen LogP contribution in [0.3, 0.4) is 0 Å². The number of non-ortho nitro benzene ring substituents is 1. The van der Waals surface area contributed by atoms with Gasteiger partial charge in [0.05, 0.1) is 4.92 Å². The summed E-state index contributed by atoms with van der Waals surface area (Å²) in [7, 11) is 0. The fourth-order valence-corrected chi connectivity index (χ4v) is 2.40. The number of nitro benzene ring substituents is 1. The molecule has 8 heteroatoms. The van der Waals surface area contributed by atoms with Crippen molar-refractivity contribution < 1.29 is 14.5 Å². The molecule has 136 valence electrons. The first-order chi connectivity index (χ1) is 12.3. The number of nitrogens with one attached hydrogen (secondary N) is 2. The van der Waals surface area contributed by atoms with E-state index in [2.05, 4.69) is 10.6 Å². The van der Waals surface area contributed by atoms with Gasteiger partial charge in [0, 0.05) is 28.4 Å². The van der Waals surface area contributed by atoms with Crippen molar-refractivity contribution >= 4 is 34.8 Å². The Morgan fingerprint density at radius 1 is 1.12 bits per heavy atom. The van der Waals surface area contributed by atoms with Crippen LogP contribution in [0.15, 0.2) is 48.5 Å². The maximum absolute atomic E-state index is 12.5. The molecule has 0 radical (unpaired) electrons. The third kappa shape index (κ3) is 5.03. The molecule has 2 aromatic carbocycles. The second-order valence-electron chi connectivity index (χ2n) is 6.00. The maximum atomic E-state index is 12.5. The lowest BCUT2D eigenvalue weighted by Crippen LogP contribution is -2.47. The van der Waals surface area contributed by atoms with Gasteiger partial charge in [-0.05, 0) is 36.2 Å². The number of nitro groups is 1. The molecule has 1 unspecified atom stereocenters. The van der Waals surface area contributed by atoms with Crippen molar-refractivity contribution in [3.8, 4) is 0 Å². The molecule has 0 saturated carbocycles. The first-order valence-corrected chi connectivity index (χ1v) is 8.27. The molecule has 2 amide bonds. The monoisotopic (exact) mass is 375 g/mol. The largest absolute Gasteiger partial charge is 0.340 e. The highest BCUT2D eigenvalue weighted by Gasteiger charge is 2.25. The Hall–Kier alpha value is -2.93. The average molecular weight is 376 g/mol. The van der Waals surface area contributed by atoms with E-state index in [1.807, 2.05) is 0 Å². The van der Waals surface area contributed by atoms with Gasteiger partial charge in [-0.1, -0.05) is 31.5 Å². The van der Waals surface area contributed by atoms with Gasteiger partial charge < -0.3 is 10.6 Å². The Bertz CT molecular complexity index is 821. The van der Waals surface area contributed by atoms with Crippen molar-refractivity contribution in [3.05, 3.63) is 69.2 Å². The van der Waals surface area contributed by atoms with Gasteiger partial charge in [-0.2, -0.15) is 0 Å². The molecule has 0 aliphatic carbocycles. The predicted octanol–water partition coefficient (Wildman–Crippen LogP) is 3.64. The molecule has 0 bridgehead atoms. The fourth-order valence-electron chi connectivity index (χ4n) is 2.28. The zero-order valence-electron chi connectivity index (χ0n) is 14.2. The van der Waals surface area contributed by atoms with Crippen LogP contribution in [-0.4, -0.2) is 22.8 Å². The molecule has 0 aliphatic heterocycles. The highest BCUT2D eigenvalue weighted by Crippen LogP contribution is 2.18. The summed E-state index contributed by atoms with van der Waals surface area (Å²) in [5, 5.41) is 16.6. The van der Waals surface area contributed by atoms with Crippen molar-refractivity contribution in [1.82, 2.24) is 5.32 Å². The predicted molar refractivity (Wildman–Crippen MR) is 99.3 cm³/mol. The number of amides is 2. The van der Waals surface area contributed by atoms with E-state index in [1.54, 1.807) is 44.2 Å². The van der Waals surface area contributed by atoms with Crippen molar-refractivity contribution in [3.63, 3.8) is 0 Å². The van der Waals surface area contributed by atoms with Crippen LogP contribution in [0.4, 0.5) is 11.4 Å². The van der Waals surface area contributed by atoms with Gasteiger partial charge in [0.15, 0.2) is 0 Å². The van der Waals surface area contributed by atoms with Gasteiger partial charge in [0.25, 0.3) is 11.6 Å². The van der Waals surface area contributed by atoms with E-state index in [0.717, 1.165) is 0 Å². The average Bonchev–Trinajstić information content (AvgIpc) is 2.59. The van der Waals surface area contributed by atoms with Crippen LogP contribution in [0.1, 0.15) is 24.2 Å². The van der Waals surface area contributed by atoms with E-state index in [-0.39, 0.29) is 17.3 Å². The molecule has 2 N–H and O–H groups in total. The molecule has 2 aromatic rings. The summed E-state index contributed by atoms with van der Waals surface area (Å²) in [6.07, 6.45) is 0. The van der Waals surface area contributed by atoms with Crippen molar-refractivity contribution in [2.45, 2.75) is 19.9 Å². The number of benzene rings is 2. The number of carbonyl (C=O) groups excluding carboxylic acids is 2. The number of carbonyl (C=O) groups is 2. The molecular formula is C18H18ClN3O4. The molecule has 1 atom stereocenters. The number of halogens is 1. The second-order valence-corrected chi connectivity index (χ2v) is 6.44. The summed E-state index contributed by atoms with van der Waals surface area (Å²) in [5.74, 6) is -1.05. The summed E-state index contributed by atoms with van der Waals surface area (Å²) in [5.41, 5.74) is 0.535. The Morgan fingerprint density at radius 3 is 2.35 bits per heavy atom. The van der Waals surface area contributed by atoms with Crippen LogP contribution in [0.25, 0.3) is 0 Å². The topological polar surface area (TPSA) is 101 Å². The molecule has 0 aliphatic rings. The van der Waals surface area contributed by atoms with Crippen molar-refractivity contribution in [2.24, 2.45) is 5.92 Å². The Kier molecular flexibility index (Phi) is 6.30. The van der Waals surface area contributed by atoms with E-state index >= 15 is 0 Å². The zero-order valence-corrected chi connectivity index (χ0v) is 15.0. The number of hydrogen-bond acceptors (Lipinski definition) is 4. The minimum Gasteiger partial charge on any atom is -0.340 e. The van der Waals surface area contributed by atoms with Gasteiger partial charge in [-0.3, -0.25) is 19.7 Å². The molecule has 0 spiro atoms. The number of nitrogens with zero attached hydrogens (tertiary/aromatic N) is 1. The third-order valence-electron chi connectivity index (χ3n) is 3.67. The maximum Gasteiger partial charge on any atom is 0.271 e. The standard InChI is InChI=1S/C18H18ClN3O4/c1-11(2)16(21-17(23)12-6-8-13(19)9-7-12)18(24)20-14-4-3-5-15(10-14)22(25)26/h3-11,16H,1-2H3,(H,20,24)(H,21,23). The molecule has 0 aromatic heterocycles. The summed E-state index contributed by atoms with van der Waals surface area (Å²) in [6.45, 7) is 3.58. The van der Waals surface area contributed by atoms with Crippen LogP contribution < -0.4 is 10.6 Å². The van der Waals surface area contributed by atoms with Gasteiger partial charge >= 0.3 is 0 Å². The molecule has 0 fully saturated rings. The SMILES string of the molecule is CC(C)C(NC(=O)c1ccc(Cl)cc1)C(=O)Nc1cccc([N+](=O)[O-])c1. The molecule has 7 nitrogen and oxygen atoms in total. The van der Waals surface area contributed by atoms with E-state index in [1.165, 1.54) is 18.2 Å². The van der Waals surface area contributed by atoms with Crippen LogP contribution in [0.5, 0.6) is 0 Å². The lowest BCUT2D eigenvalue weighted by Gasteiger charge is -2.21. The lowest BCUT2D eigenvalue weighted by molar-refractivity contribution is -0.384. The quantitative estimate of drug-likeness (QED) is 0.594. The minimum absolute atomic E-state index is 0.130. The first kappa shape index (κ1) is 19.4. The number of anilines is 1. The highest BCUT2D eigenvalue weighted by atomic mass is 35.5. The summed E-state index contributed by atoms with van der Waals surface area (Å²) >= 11 is 5.80. The second kappa shape index (κ2) is 8.44. The third-order valence-corrected chi connectivity index (χ3v) is 3.92. The van der Waals surface area contributed by atoms with Gasteiger partial charge in [-0.25, -0.2) is 0 Å². The van der Waals surface area contributed by atoms with Gasteiger partial charge in [0.2, 0.25) is 5.91 Å². The van der Waals surface area contributed by atoms with Gasteiger partial charge in [0.1, 0.15) is 6.04 Å². The van der Waals surface area contributed by atoms with Crippen LogP contribution in [0.2, 0.25) is 5.02 Å². The Labute approximate surface area is 155 Å². The van der Waals surface area contributed by atoms with Crippen LogP contribution in [0, 0.1) is 16.0 Å². The van der Waals surface area contributed by atoms with E-state index in [0.29, 0.717) is 10.6 Å². The summed E-state index contributed by atoms with van der Waals surface area (Å²) in [4.78, 5) is 35.2. The minimum atomic E-state index is -0.808.